The van der Waals surface area contributed by atoms with E-state index in [-0.39, 0.29) is 12.2 Å². The number of rotatable bonds is 5. The van der Waals surface area contributed by atoms with E-state index in [9.17, 15) is 4.79 Å². The molecule has 5 nitrogen and oxygen atoms in total. The first-order chi connectivity index (χ1) is 8.81. The van der Waals surface area contributed by atoms with E-state index in [0.29, 0.717) is 6.54 Å². The second-order valence-electron chi connectivity index (χ2n) is 5.79. The number of carbonyl (C=O) groups excluding carboxylic acids is 1. The molecule has 2 N–H and O–H groups in total. The fraction of sp³-hybridized carbons (Fsp3) is 0.923. The van der Waals surface area contributed by atoms with Crippen LogP contribution in [0.3, 0.4) is 0 Å². The topological polar surface area (TPSA) is 53.6 Å². The molecular weight excluding hydrogens is 230 g/mol. The Morgan fingerprint density at radius 3 is 2.56 bits per heavy atom. The van der Waals surface area contributed by atoms with Crippen molar-refractivity contribution in [1.29, 1.82) is 0 Å². The number of hydrogen-bond donors (Lipinski definition) is 2. The maximum atomic E-state index is 11.1. The Morgan fingerprint density at radius 1 is 1.17 bits per heavy atom. The highest BCUT2D eigenvalue weighted by Gasteiger charge is 2.34. The second-order valence-corrected chi connectivity index (χ2v) is 5.79. The summed E-state index contributed by atoms with van der Waals surface area (Å²) in [6.07, 6.45) is 5.01. The lowest BCUT2D eigenvalue weighted by molar-refractivity contribution is 0.0946. The highest BCUT2D eigenvalue weighted by Crippen LogP contribution is 2.29. The molecule has 2 aliphatic heterocycles. The van der Waals surface area contributed by atoms with Crippen LogP contribution in [0.4, 0.5) is 4.79 Å². The number of amides is 1. The third-order valence-corrected chi connectivity index (χ3v) is 4.20. The van der Waals surface area contributed by atoms with Crippen molar-refractivity contribution >= 4 is 6.09 Å². The molecular formula is C13H23N3O2. The molecule has 0 aromatic rings. The zero-order valence-electron chi connectivity index (χ0n) is 10.9. The molecule has 1 saturated carbocycles. The van der Waals surface area contributed by atoms with Gasteiger partial charge in [0.05, 0.1) is 6.54 Å². The van der Waals surface area contributed by atoms with E-state index in [4.69, 9.17) is 4.74 Å². The monoisotopic (exact) mass is 253 g/mol. The smallest absolute Gasteiger partial charge is 0.407 e. The Labute approximate surface area is 108 Å². The van der Waals surface area contributed by atoms with Gasteiger partial charge in [0.1, 0.15) is 6.10 Å². The van der Waals surface area contributed by atoms with Gasteiger partial charge >= 0.3 is 6.09 Å². The Balaban J connectivity index is 1.50. The van der Waals surface area contributed by atoms with Crippen molar-refractivity contribution in [3.05, 3.63) is 0 Å². The predicted molar refractivity (Wildman–Crippen MR) is 68.5 cm³/mol. The van der Waals surface area contributed by atoms with Crippen molar-refractivity contribution in [1.82, 2.24) is 15.5 Å². The SMILES string of the molecule is O=C1NCC(CN(CC2CCNCC2)C2CC2)O1. The molecule has 5 heteroatoms. The van der Waals surface area contributed by atoms with Gasteiger partial charge in [-0.25, -0.2) is 4.79 Å². The second kappa shape index (κ2) is 5.45. The van der Waals surface area contributed by atoms with Crippen LogP contribution in [0.2, 0.25) is 0 Å². The van der Waals surface area contributed by atoms with Gasteiger partial charge < -0.3 is 15.4 Å². The minimum absolute atomic E-state index is 0.0554. The lowest BCUT2D eigenvalue weighted by Crippen LogP contribution is -2.41. The number of ether oxygens (including phenoxy) is 1. The summed E-state index contributed by atoms with van der Waals surface area (Å²) < 4.78 is 5.25. The molecule has 0 spiro atoms. The van der Waals surface area contributed by atoms with E-state index in [1.807, 2.05) is 0 Å². The van der Waals surface area contributed by atoms with Crippen molar-refractivity contribution in [3.8, 4) is 0 Å². The summed E-state index contributed by atoms with van der Waals surface area (Å²) >= 11 is 0. The maximum absolute atomic E-state index is 11.1. The first-order valence-electron chi connectivity index (χ1n) is 7.20. The fourth-order valence-corrected chi connectivity index (χ4v) is 3.00. The van der Waals surface area contributed by atoms with E-state index in [0.717, 1.165) is 31.6 Å². The molecule has 3 aliphatic rings. The van der Waals surface area contributed by atoms with Crippen LogP contribution in [-0.2, 0) is 4.74 Å². The fourth-order valence-electron chi connectivity index (χ4n) is 3.00. The largest absolute Gasteiger partial charge is 0.443 e. The minimum atomic E-state index is -0.252. The van der Waals surface area contributed by atoms with Crippen LogP contribution in [0, 0.1) is 5.92 Å². The lowest BCUT2D eigenvalue weighted by atomic mass is 9.97. The zero-order valence-corrected chi connectivity index (χ0v) is 10.9. The summed E-state index contributed by atoms with van der Waals surface area (Å²) in [5, 5.41) is 6.15. The van der Waals surface area contributed by atoms with Gasteiger partial charge in [-0.15, -0.1) is 0 Å². The lowest BCUT2D eigenvalue weighted by Gasteiger charge is -2.31. The van der Waals surface area contributed by atoms with E-state index in [2.05, 4.69) is 15.5 Å². The molecule has 1 atom stereocenters. The van der Waals surface area contributed by atoms with Gasteiger partial charge in [0.25, 0.3) is 0 Å². The highest BCUT2D eigenvalue weighted by atomic mass is 16.6. The van der Waals surface area contributed by atoms with E-state index < -0.39 is 0 Å². The molecule has 1 amide bonds. The van der Waals surface area contributed by atoms with Crippen LogP contribution < -0.4 is 10.6 Å². The number of piperidine rings is 1. The molecule has 3 fully saturated rings. The number of hydrogen-bond acceptors (Lipinski definition) is 4. The van der Waals surface area contributed by atoms with Gasteiger partial charge in [-0.05, 0) is 44.7 Å². The van der Waals surface area contributed by atoms with Crippen LogP contribution in [-0.4, -0.2) is 55.9 Å². The first-order valence-corrected chi connectivity index (χ1v) is 7.20. The highest BCUT2D eigenvalue weighted by molar-refractivity contribution is 5.69. The van der Waals surface area contributed by atoms with Crippen LogP contribution in [0.15, 0.2) is 0 Å². The molecule has 2 saturated heterocycles. The Morgan fingerprint density at radius 2 is 1.94 bits per heavy atom. The maximum Gasteiger partial charge on any atom is 0.407 e. The number of nitrogens with one attached hydrogen (secondary N) is 2. The molecule has 1 unspecified atom stereocenters. The van der Waals surface area contributed by atoms with Gasteiger partial charge in [0, 0.05) is 19.1 Å². The third kappa shape index (κ3) is 3.14. The number of alkyl carbamates (subject to hydrolysis) is 1. The Bertz CT molecular complexity index is 301. The van der Waals surface area contributed by atoms with E-state index >= 15 is 0 Å². The van der Waals surface area contributed by atoms with Crippen LogP contribution in [0.5, 0.6) is 0 Å². The summed E-state index contributed by atoms with van der Waals surface area (Å²) in [6, 6.07) is 0.749. The first kappa shape index (κ1) is 12.2. The Hall–Kier alpha value is -0.810. The summed E-state index contributed by atoms with van der Waals surface area (Å²) in [7, 11) is 0. The minimum Gasteiger partial charge on any atom is -0.443 e. The van der Waals surface area contributed by atoms with Crippen molar-refractivity contribution in [2.75, 3.05) is 32.7 Å². The molecule has 0 radical (unpaired) electrons. The van der Waals surface area contributed by atoms with Crippen LogP contribution in [0.1, 0.15) is 25.7 Å². The molecule has 3 rings (SSSR count). The van der Waals surface area contributed by atoms with Gasteiger partial charge in [-0.2, -0.15) is 0 Å². The van der Waals surface area contributed by atoms with Crippen LogP contribution >= 0.6 is 0 Å². The summed E-state index contributed by atoms with van der Waals surface area (Å²) in [6.45, 7) is 5.08. The molecule has 0 bridgehead atoms. The zero-order chi connectivity index (χ0) is 12.4. The summed E-state index contributed by atoms with van der Waals surface area (Å²) in [4.78, 5) is 13.6. The standard InChI is InChI=1S/C13H23N3O2/c17-13-15-7-12(18-13)9-16(11-1-2-11)8-10-3-5-14-6-4-10/h10-12,14H,1-9H2,(H,15,17). The van der Waals surface area contributed by atoms with E-state index in [1.54, 1.807) is 0 Å². The number of cyclic esters (lactones) is 1. The molecule has 102 valence electrons. The van der Waals surface area contributed by atoms with Gasteiger partial charge in [-0.3, -0.25) is 4.90 Å². The van der Waals surface area contributed by atoms with Crippen molar-refractivity contribution in [2.45, 2.75) is 37.8 Å². The molecule has 0 aromatic carbocycles. The third-order valence-electron chi connectivity index (χ3n) is 4.20. The normalized spacial score (nSPS) is 29.4. The molecule has 2 heterocycles. The van der Waals surface area contributed by atoms with Gasteiger partial charge in [-0.1, -0.05) is 0 Å². The van der Waals surface area contributed by atoms with Crippen molar-refractivity contribution < 1.29 is 9.53 Å². The van der Waals surface area contributed by atoms with Gasteiger partial charge in [0.15, 0.2) is 0 Å². The Kier molecular flexibility index (Phi) is 3.70. The summed E-state index contributed by atoms with van der Waals surface area (Å²) in [5.41, 5.74) is 0. The van der Waals surface area contributed by atoms with Crippen LogP contribution in [0.25, 0.3) is 0 Å². The predicted octanol–water partition coefficient (Wildman–Crippen LogP) is 0.559. The average molecular weight is 253 g/mol. The average Bonchev–Trinajstić information content (AvgIpc) is 3.15. The summed E-state index contributed by atoms with van der Waals surface area (Å²) in [5.74, 6) is 0.817. The number of nitrogens with zero attached hydrogens (tertiary/aromatic N) is 1. The quantitative estimate of drug-likeness (QED) is 0.751. The molecule has 1 aliphatic carbocycles. The van der Waals surface area contributed by atoms with Crippen molar-refractivity contribution in [3.63, 3.8) is 0 Å². The molecule has 18 heavy (non-hydrogen) atoms. The van der Waals surface area contributed by atoms with E-state index in [1.165, 1.54) is 32.2 Å². The van der Waals surface area contributed by atoms with Crippen molar-refractivity contribution in [2.24, 2.45) is 5.92 Å². The number of carbonyl (C=O) groups is 1. The molecule has 0 aromatic heterocycles. The van der Waals surface area contributed by atoms with Gasteiger partial charge in [0.2, 0.25) is 0 Å².